The third kappa shape index (κ3) is 2.02. The third-order valence-electron chi connectivity index (χ3n) is 2.72. The lowest BCUT2D eigenvalue weighted by molar-refractivity contribution is -0.140. The van der Waals surface area contributed by atoms with Crippen molar-refractivity contribution in [2.45, 2.75) is 38.8 Å². The molecule has 5 nitrogen and oxygen atoms in total. The molecule has 3 N–H and O–H groups in total. The molecule has 1 aromatic rings. The summed E-state index contributed by atoms with van der Waals surface area (Å²) in [7, 11) is 0. The fourth-order valence-corrected chi connectivity index (χ4v) is 1.60. The van der Waals surface area contributed by atoms with E-state index in [1.165, 1.54) is 0 Å². The molecule has 84 valence electrons. The van der Waals surface area contributed by atoms with Gasteiger partial charge in [-0.25, -0.2) is 0 Å². The first-order valence-electron chi connectivity index (χ1n) is 4.92. The highest BCUT2D eigenvalue weighted by atomic mass is 16.4. The maximum Gasteiger partial charge on any atom is 0.321 e. The molecule has 1 aromatic heterocycles. The summed E-state index contributed by atoms with van der Waals surface area (Å²) in [5, 5.41) is 13.0. The van der Waals surface area contributed by atoms with Gasteiger partial charge < -0.3 is 10.8 Å². The van der Waals surface area contributed by atoms with Crippen molar-refractivity contribution in [2.24, 2.45) is 5.73 Å². The van der Waals surface area contributed by atoms with Gasteiger partial charge in [0, 0.05) is 23.9 Å². The van der Waals surface area contributed by atoms with E-state index in [1.54, 1.807) is 10.9 Å². The molecule has 0 aliphatic rings. The van der Waals surface area contributed by atoms with Gasteiger partial charge in [-0.05, 0) is 13.0 Å². The molecule has 0 saturated heterocycles. The van der Waals surface area contributed by atoms with Gasteiger partial charge in [0.05, 0.1) is 0 Å². The zero-order valence-corrected chi connectivity index (χ0v) is 9.27. The normalized spacial score (nSPS) is 13.9. The Morgan fingerprint density at radius 1 is 1.73 bits per heavy atom. The second-order valence-electron chi connectivity index (χ2n) is 4.07. The van der Waals surface area contributed by atoms with Crippen LogP contribution in [-0.4, -0.2) is 26.9 Å². The molecule has 0 aliphatic heterocycles. The van der Waals surface area contributed by atoms with Crippen LogP contribution < -0.4 is 5.73 Å². The number of nitrogens with zero attached hydrogens (tertiary/aromatic N) is 2. The van der Waals surface area contributed by atoms with Gasteiger partial charge in [-0.2, -0.15) is 5.10 Å². The van der Waals surface area contributed by atoms with E-state index in [2.05, 4.69) is 5.10 Å². The van der Waals surface area contributed by atoms with Crippen molar-refractivity contribution >= 4 is 5.97 Å². The fourth-order valence-electron chi connectivity index (χ4n) is 1.60. The van der Waals surface area contributed by atoms with E-state index < -0.39 is 17.4 Å². The van der Waals surface area contributed by atoms with E-state index in [0.29, 0.717) is 6.54 Å². The van der Waals surface area contributed by atoms with Crippen molar-refractivity contribution < 1.29 is 9.90 Å². The second-order valence-corrected chi connectivity index (χ2v) is 4.07. The van der Waals surface area contributed by atoms with Crippen molar-refractivity contribution in [1.29, 1.82) is 0 Å². The summed E-state index contributed by atoms with van der Waals surface area (Å²) in [4.78, 5) is 10.9. The molecule has 15 heavy (non-hydrogen) atoms. The standard InChI is InChI=1S/C10H17N3O2/c1-4-13-7(5-6-12-13)10(2,3)8(11)9(14)15/h5-6,8H,4,11H2,1-3H3,(H,14,15). The summed E-state index contributed by atoms with van der Waals surface area (Å²) >= 11 is 0. The number of hydrogen-bond acceptors (Lipinski definition) is 3. The molecule has 1 unspecified atom stereocenters. The van der Waals surface area contributed by atoms with Gasteiger partial charge in [0.25, 0.3) is 0 Å². The minimum atomic E-state index is -0.996. The Labute approximate surface area is 88.9 Å². The molecule has 1 heterocycles. The molecular weight excluding hydrogens is 194 g/mol. The van der Waals surface area contributed by atoms with Gasteiger partial charge in [0.1, 0.15) is 6.04 Å². The Morgan fingerprint density at radius 2 is 2.33 bits per heavy atom. The number of rotatable bonds is 4. The van der Waals surface area contributed by atoms with Crippen molar-refractivity contribution in [3.63, 3.8) is 0 Å². The number of carboxylic acids is 1. The first-order valence-corrected chi connectivity index (χ1v) is 4.92. The van der Waals surface area contributed by atoms with Gasteiger partial charge in [0.2, 0.25) is 0 Å². The van der Waals surface area contributed by atoms with Crippen LogP contribution in [0, 0.1) is 0 Å². The molecule has 1 atom stereocenters. The lowest BCUT2D eigenvalue weighted by atomic mass is 9.81. The summed E-state index contributed by atoms with van der Waals surface area (Å²) in [5.74, 6) is -0.996. The Morgan fingerprint density at radius 3 is 2.80 bits per heavy atom. The first-order chi connectivity index (χ1) is 6.91. The average Bonchev–Trinajstić information content (AvgIpc) is 2.64. The number of aryl methyl sites for hydroxylation is 1. The quantitative estimate of drug-likeness (QED) is 0.763. The molecule has 0 fully saturated rings. The monoisotopic (exact) mass is 211 g/mol. The van der Waals surface area contributed by atoms with Crippen molar-refractivity contribution in [3.05, 3.63) is 18.0 Å². The van der Waals surface area contributed by atoms with Crippen molar-refractivity contribution in [3.8, 4) is 0 Å². The van der Waals surface area contributed by atoms with Crippen LogP contribution in [0.4, 0.5) is 0 Å². The van der Waals surface area contributed by atoms with E-state index >= 15 is 0 Å². The van der Waals surface area contributed by atoms with E-state index in [-0.39, 0.29) is 0 Å². The van der Waals surface area contributed by atoms with Gasteiger partial charge >= 0.3 is 5.97 Å². The van der Waals surface area contributed by atoms with Gasteiger partial charge in [-0.15, -0.1) is 0 Å². The number of aliphatic carboxylic acids is 1. The Kier molecular flexibility index (Phi) is 3.14. The van der Waals surface area contributed by atoms with Gasteiger partial charge in [-0.3, -0.25) is 9.48 Å². The Bertz CT molecular complexity index is 357. The van der Waals surface area contributed by atoms with E-state index in [9.17, 15) is 4.79 Å². The predicted octanol–water partition coefficient (Wildman–Crippen LogP) is 0.592. The van der Waals surface area contributed by atoms with Gasteiger partial charge in [-0.1, -0.05) is 13.8 Å². The summed E-state index contributed by atoms with van der Waals surface area (Å²) in [6.45, 7) is 6.29. The van der Waals surface area contributed by atoms with Crippen LogP contribution >= 0.6 is 0 Å². The minimum absolute atomic E-state index is 0.627. The average molecular weight is 211 g/mol. The minimum Gasteiger partial charge on any atom is -0.480 e. The highest BCUT2D eigenvalue weighted by Gasteiger charge is 2.36. The number of carboxylic acid groups (broad SMARTS) is 1. The van der Waals surface area contributed by atoms with Crippen LogP contribution in [0.5, 0.6) is 0 Å². The van der Waals surface area contributed by atoms with Crippen LogP contribution in [-0.2, 0) is 16.8 Å². The smallest absolute Gasteiger partial charge is 0.321 e. The van der Waals surface area contributed by atoms with E-state index in [1.807, 2.05) is 26.8 Å². The van der Waals surface area contributed by atoms with Gasteiger partial charge in [0.15, 0.2) is 0 Å². The Balaban J connectivity index is 3.10. The Hall–Kier alpha value is -1.36. The molecule has 0 amide bonds. The van der Waals surface area contributed by atoms with Crippen LogP contribution in [0.3, 0.4) is 0 Å². The summed E-state index contributed by atoms with van der Waals surface area (Å²) in [6.07, 6.45) is 1.66. The van der Waals surface area contributed by atoms with Crippen molar-refractivity contribution in [2.75, 3.05) is 0 Å². The first kappa shape index (κ1) is 11.7. The van der Waals surface area contributed by atoms with Crippen LogP contribution in [0.2, 0.25) is 0 Å². The lowest BCUT2D eigenvalue weighted by Gasteiger charge is -2.29. The molecule has 5 heteroatoms. The fraction of sp³-hybridized carbons (Fsp3) is 0.600. The maximum atomic E-state index is 10.9. The molecule has 0 saturated carbocycles. The molecule has 0 aliphatic carbocycles. The SMILES string of the molecule is CCn1nccc1C(C)(C)C(N)C(=O)O. The zero-order chi connectivity index (χ0) is 11.6. The molecule has 0 radical (unpaired) electrons. The van der Waals surface area contributed by atoms with Crippen LogP contribution in [0.25, 0.3) is 0 Å². The number of carbonyl (C=O) groups is 1. The van der Waals surface area contributed by atoms with Crippen molar-refractivity contribution in [1.82, 2.24) is 9.78 Å². The lowest BCUT2D eigenvalue weighted by Crippen LogP contribution is -2.47. The highest BCUT2D eigenvalue weighted by molar-refractivity contribution is 5.75. The van der Waals surface area contributed by atoms with E-state index in [4.69, 9.17) is 10.8 Å². The molecular formula is C10H17N3O2. The van der Waals surface area contributed by atoms with E-state index in [0.717, 1.165) is 5.69 Å². The topological polar surface area (TPSA) is 81.1 Å². The highest BCUT2D eigenvalue weighted by Crippen LogP contribution is 2.25. The van der Waals surface area contributed by atoms with Crippen LogP contribution in [0.1, 0.15) is 26.5 Å². The molecule has 1 rings (SSSR count). The predicted molar refractivity (Wildman–Crippen MR) is 56.5 cm³/mol. The third-order valence-corrected chi connectivity index (χ3v) is 2.72. The van der Waals surface area contributed by atoms with Crippen LogP contribution in [0.15, 0.2) is 12.3 Å². The zero-order valence-electron chi connectivity index (χ0n) is 9.27. The maximum absolute atomic E-state index is 10.9. The summed E-state index contributed by atoms with van der Waals surface area (Å²) in [6, 6.07) is 0.881. The molecule has 0 bridgehead atoms. The largest absolute Gasteiger partial charge is 0.480 e. The number of hydrogen-bond donors (Lipinski definition) is 2. The molecule has 0 spiro atoms. The number of nitrogens with two attached hydrogens (primary N) is 1. The summed E-state index contributed by atoms with van der Waals surface area (Å²) < 4.78 is 1.77. The second kappa shape index (κ2) is 4.02. The molecule has 0 aromatic carbocycles. The number of aromatic nitrogens is 2. The summed E-state index contributed by atoms with van der Waals surface area (Å²) in [5.41, 5.74) is 5.89.